The van der Waals surface area contributed by atoms with Crippen LogP contribution in [0.2, 0.25) is 5.02 Å². The van der Waals surface area contributed by atoms with Gasteiger partial charge in [0.2, 0.25) is 0 Å². The van der Waals surface area contributed by atoms with E-state index in [1.54, 1.807) is 36.6 Å². The SMILES string of the molecule is Clc1ccc(-c2ccc(-c3nnc(-c4ccco4)o3)o2)cc1. The summed E-state index contributed by atoms with van der Waals surface area (Å²) < 4.78 is 16.5. The summed E-state index contributed by atoms with van der Waals surface area (Å²) in [7, 11) is 0. The van der Waals surface area contributed by atoms with Gasteiger partial charge in [-0.3, -0.25) is 0 Å². The third-order valence-electron chi connectivity index (χ3n) is 3.10. The van der Waals surface area contributed by atoms with Crippen molar-refractivity contribution in [1.29, 1.82) is 0 Å². The van der Waals surface area contributed by atoms with Gasteiger partial charge in [0.25, 0.3) is 11.8 Å². The molecule has 0 bridgehead atoms. The molecule has 0 spiro atoms. The van der Waals surface area contributed by atoms with E-state index in [0.717, 1.165) is 5.56 Å². The van der Waals surface area contributed by atoms with E-state index in [2.05, 4.69) is 10.2 Å². The number of hydrogen-bond acceptors (Lipinski definition) is 5. The summed E-state index contributed by atoms with van der Waals surface area (Å²) in [6, 6.07) is 14.5. The Kier molecular flexibility index (Phi) is 3.05. The fourth-order valence-corrected chi connectivity index (χ4v) is 2.17. The molecule has 108 valence electrons. The molecule has 3 heterocycles. The van der Waals surface area contributed by atoms with E-state index in [9.17, 15) is 0 Å². The Labute approximate surface area is 130 Å². The molecule has 0 amide bonds. The van der Waals surface area contributed by atoms with E-state index in [1.165, 1.54) is 0 Å². The van der Waals surface area contributed by atoms with E-state index in [-0.39, 0.29) is 0 Å². The van der Waals surface area contributed by atoms with Crippen LogP contribution >= 0.6 is 11.6 Å². The second-order valence-electron chi connectivity index (χ2n) is 4.56. The minimum absolute atomic E-state index is 0.298. The first-order chi connectivity index (χ1) is 10.8. The summed E-state index contributed by atoms with van der Waals surface area (Å²) in [5.74, 6) is 2.32. The number of rotatable bonds is 3. The number of nitrogens with zero attached hydrogens (tertiary/aromatic N) is 2. The molecule has 0 radical (unpaired) electrons. The zero-order valence-electron chi connectivity index (χ0n) is 11.2. The van der Waals surface area contributed by atoms with E-state index < -0.39 is 0 Å². The third kappa shape index (κ3) is 2.31. The van der Waals surface area contributed by atoms with Gasteiger partial charge in [0.05, 0.1) is 6.26 Å². The van der Waals surface area contributed by atoms with Crippen LogP contribution in [0.15, 0.2) is 68.0 Å². The lowest BCUT2D eigenvalue weighted by Gasteiger charge is -1.96. The molecule has 0 aliphatic carbocycles. The Bertz CT molecular complexity index is 892. The van der Waals surface area contributed by atoms with Crippen molar-refractivity contribution in [2.24, 2.45) is 0 Å². The lowest BCUT2D eigenvalue weighted by Crippen LogP contribution is -1.74. The molecule has 0 saturated heterocycles. The van der Waals surface area contributed by atoms with Gasteiger partial charge in [0.1, 0.15) is 5.76 Å². The van der Waals surface area contributed by atoms with Crippen LogP contribution in [-0.2, 0) is 0 Å². The van der Waals surface area contributed by atoms with Crippen molar-refractivity contribution in [3.05, 3.63) is 59.8 Å². The quantitative estimate of drug-likeness (QED) is 0.537. The van der Waals surface area contributed by atoms with Gasteiger partial charge in [-0.25, -0.2) is 0 Å². The number of furan rings is 2. The molecule has 0 N–H and O–H groups in total. The van der Waals surface area contributed by atoms with Crippen LogP contribution in [0.25, 0.3) is 34.6 Å². The molecule has 0 fully saturated rings. The lowest BCUT2D eigenvalue weighted by molar-refractivity contribution is 0.504. The minimum Gasteiger partial charge on any atom is -0.459 e. The Hall–Kier alpha value is -2.79. The molecule has 0 saturated carbocycles. The highest BCUT2D eigenvalue weighted by molar-refractivity contribution is 6.30. The Morgan fingerprint density at radius 1 is 0.727 bits per heavy atom. The fourth-order valence-electron chi connectivity index (χ4n) is 2.04. The largest absolute Gasteiger partial charge is 0.459 e. The molecular weight excluding hydrogens is 304 g/mol. The number of benzene rings is 1. The first-order valence-electron chi connectivity index (χ1n) is 6.53. The summed E-state index contributed by atoms with van der Waals surface area (Å²) in [5.41, 5.74) is 0.918. The second kappa shape index (κ2) is 5.20. The van der Waals surface area contributed by atoms with Gasteiger partial charge in [-0.2, -0.15) is 0 Å². The van der Waals surface area contributed by atoms with Crippen molar-refractivity contribution < 1.29 is 13.3 Å². The van der Waals surface area contributed by atoms with E-state index >= 15 is 0 Å². The van der Waals surface area contributed by atoms with Crippen LogP contribution < -0.4 is 0 Å². The van der Waals surface area contributed by atoms with Crippen LogP contribution in [0, 0.1) is 0 Å². The van der Waals surface area contributed by atoms with E-state index in [4.69, 9.17) is 24.9 Å². The maximum Gasteiger partial charge on any atom is 0.284 e. The predicted molar refractivity (Wildman–Crippen MR) is 80.1 cm³/mol. The number of hydrogen-bond donors (Lipinski definition) is 0. The Morgan fingerprint density at radius 2 is 1.45 bits per heavy atom. The first kappa shape index (κ1) is 12.9. The van der Waals surface area contributed by atoms with Crippen LogP contribution in [0.3, 0.4) is 0 Å². The van der Waals surface area contributed by atoms with Crippen molar-refractivity contribution in [1.82, 2.24) is 10.2 Å². The molecule has 0 aliphatic rings. The van der Waals surface area contributed by atoms with Gasteiger partial charge in [-0.15, -0.1) is 10.2 Å². The molecule has 4 rings (SSSR count). The molecule has 0 aliphatic heterocycles. The van der Waals surface area contributed by atoms with Gasteiger partial charge in [-0.05, 0) is 48.5 Å². The third-order valence-corrected chi connectivity index (χ3v) is 3.35. The van der Waals surface area contributed by atoms with E-state index in [0.29, 0.717) is 34.1 Å². The summed E-state index contributed by atoms with van der Waals surface area (Å²) in [5, 5.41) is 8.59. The first-order valence-corrected chi connectivity index (χ1v) is 6.91. The molecule has 6 heteroatoms. The Balaban J connectivity index is 1.65. The van der Waals surface area contributed by atoms with Crippen molar-refractivity contribution in [2.75, 3.05) is 0 Å². The normalized spacial score (nSPS) is 11.0. The maximum absolute atomic E-state index is 5.88. The highest BCUT2D eigenvalue weighted by Crippen LogP contribution is 2.30. The van der Waals surface area contributed by atoms with Crippen LogP contribution in [-0.4, -0.2) is 10.2 Å². The molecule has 0 unspecified atom stereocenters. The number of aromatic nitrogens is 2. The molecular formula is C16H9ClN2O3. The molecule has 22 heavy (non-hydrogen) atoms. The standard InChI is InChI=1S/C16H9ClN2O3/c17-11-5-3-10(4-6-11)12-7-8-14(21-12)16-19-18-15(22-16)13-2-1-9-20-13/h1-9H. The average molecular weight is 313 g/mol. The van der Waals surface area contributed by atoms with Gasteiger partial charge >= 0.3 is 0 Å². The molecule has 3 aromatic heterocycles. The topological polar surface area (TPSA) is 65.2 Å². The highest BCUT2D eigenvalue weighted by atomic mass is 35.5. The van der Waals surface area contributed by atoms with Crippen LogP contribution in [0.5, 0.6) is 0 Å². The zero-order valence-corrected chi connectivity index (χ0v) is 11.9. The smallest absolute Gasteiger partial charge is 0.284 e. The van der Waals surface area contributed by atoms with Crippen molar-refractivity contribution >= 4 is 11.6 Å². The monoisotopic (exact) mass is 312 g/mol. The molecule has 4 aromatic rings. The maximum atomic E-state index is 5.88. The number of halogens is 1. The van der Waals surface area contributed by atoms with Crippen molar-refractivity contribution in [3.63, 3.8) is 0 Å². The van der Waals surface area contributed by atoms with Gasteiger partial charge < -0.3 is 13.3 Å². The second-order valence-corrected chi connectivity index (χ2v) is 5.00. The van der Waals surface area contributed by atoms with Gasteiger partial charge in [0, 0.05) is 10.6 Å². The lowest BCUT2D eigenvalue weighted by atomic mass is 10.2. The summed E-state index contributed by atoms with van der Waals surface area (Å²) in [6.45, 7) is 0. The fraction of sp³-hybridized carbons (Fsp3) is 0. The highest BCUT2D eigenvalue weighted by Gasteiger charge is 2.15. The van der Waals surface area contributed by atoms with Gasteiger partial charge in [0.15, 0.2) is 11.5 Å². The van der Waals surface area contributed by atoms with Crippen LogP contribution in [0.4, 0.5) is 0 Å². The molecule has 5 nitrogen and oxygen atoms in total. The summed E-state index contributed by atoms with van der Waals surface area (Å²) in [6.07, 6.45) is 1.55. The summed E-state index contributed by atoms with van der Waals surface area (Å²) >= 11 is 5.88. The van der Waals surface area contributed by atoms with Crippen LogP contribution in [0.1, 0.15) is 0 Å². The molecule has 1 aromatic carbocycles. The minimum atomic E-state index is 0.298. The van der Waals surface area contributed by atoms with Crippen molar-refractivity contribution in [2.45, 2.75) is 0 Å². The summed E-state index contributed by atoms with van der Waals surface area (Å²) in [4.78, 5) is 0. The van der Waals surface area contributed by atoms with E-state index in [1.807, 2.05) is 18.2 Å². The van der Waals surface area contributed by atoms with Gasteiger partial charge in [-0.1, -0.05) is 11.6 Å². The Morgan fingerprint density at radius 3 is 2.18 bits per heavy atom. The molecule has 0 atom stereocenters. The van der Waals surface area contributed by atoms with Crippen molar-refractivity contribution in [3.8, 4) is 34.6 Å². The zero-order chi connectivity index (χ0) is 14.9. The average Bonchev–Trinajstić information content (AvgIpc) is 3.27. The predicted octanol–water partition coefficient (Wildman–Crippen LogP) is 4.91.